The largest absolute Gasteiger partial charge is 0.323 e. The van der Waals surface area contributed by atoms with E-state index < -0.39 is 0 Å². The van der Waals surface area contributed by atoms with Gasteiger partial charge in [0.1, 0.15) is 0 Å². The van der Waals surface area contributed by atoms with Crippen LogP contribution < -0.4 is 10.6 Å². The van der Waals surface area contributed by atoms with Crippen molar-refractivity contribution in [2.45, 2.75) is 27.7 Å². The number of nitrogens with one attached hydrogen (secondary N) is 2. The predicted molar refractivity (Wildman–Crippen MR) is 93.0 cm³/mol. The maximum Gasteiger partial charge on any atom is 0.323 e. The molecule has 3 nitrogen and oxygen atoms in total. The van der Waals surface area contributed by atoms with Crippen LogP contribution in [0.25, 0.3) is 6.08 Å². The average Bonchev–Trinajstić information content (AvgIpc) is 2.45. The lowest BCUT2D eigenvalue weighted by atomic mass is 10.1. The van der Waals surface area contributed by atoms with Crippen molar-refractivity contribution in [3.8, 4) is 0 Å². The molecule has 3 heteroatoms. The minimum Gasteiger partial charge on any atom is -0.314 e. The molecule has 0 atom stereocenters. The third kappa shape index (κ3) is 4.22. The van der Waals surface area contributed by atoms with Gasteiger partial charge in [-0.25, -0.2) is 4.79 Å². The van der Waals surface area contributed by atoms with Gasteiger partial charge < -0.3 is 10.6 Å². The summed E-state index contributed by atoms with van der Waals surface area (Å²) in [5.74, 6) is 0. The van der Waals surface area contributed by atoms with E-state index in [1.54, 1.807) is 6.20 Å². The summed E-state index contributed by atoms with van der Waals surface area (Å²) in [7, 11) is 0. The summed E-state index contributed by atoms with van der Waals surface area (Å²) in [5.41, 5.74) is 6.46. The third-order valence-electron chi connectivity index (χ3n) is 3.48. The van der Waals surface area contributed by atoms with E-state index in [0.29, 0.717) is 0 Å². The number of hydrogen-bond acceptors (Lipinski definition) is 1. The number of carbonyl (C=O) groups excluding carboxylic acids is 1. The Hall–Kier alpha value is -2.55. The standard InChI is InChI=1S/C19H22N2O/c1-13-5-7-17(8-6-13)9-10-20-19(22)21-18-15(3)11-14(2)12-16(18)4/h5-12H,1-4H3,(H2,20,21,22)/b10-9+. The fourth-order valence-corrected chi connectivity index (χ4v) is 2.42. The maximum atomic E-state index is 12.0. The molecule has 0 bridgehead atoms. The molecular weight excluding hydrogens is 272 g/mol. The van der Waals surface area contributed by atoms with Gasteiger partial charge >= 0.3 is 6.03 Å². The molecule has 0 saturated carbocycles. The van der Waals surface area contributed by atoms with Crippen molar-refractivity contribution in [3.05, 3.63) is 70.4 Å². The zero-order valence-corrected chi connectivity index (χ0v) is 13.5. The molecule has 0 heterocycles. The highest BCUT2D eigenvalue weighted by molar-refractivity contribution is 5.92. The van der Waals surface area contributed by atoms with Crippen LogP contribution in [-0.4, -0.2) is 6.03 Å². The van der Waals surface area contributed by atoms with Crippen LogP contribution in [0.4, 0.5) is 10.5 Å². The van der Waals surface area contributed by atoms with E-state index in [1.165, 1.54) is 11.1 Å². The number of aryl methyl sites for hydroxylation is 4. The highest BCUT2D eigenvalue weighted by atomic mass is 16.2. The minimum atomic E-state index is -0.238. The molecule has 2 N–H and O–H groups in total. The van der Waals surface area contributed by atoms with Crippen LogP contribution in [0.2, 0.25) is 0 Å². The zero-order valence-electron chi connectivity index (χ0n) is 13.5. The number of carbonyl (C=O) groups is 1. The van der Waals surface area contributed by atoms with Crippen molar-refractivity contribution < 1.29 is 4.79 Å². The van der Waals surface area contributed by atoms with Crippen LogP contribution in [0.1, 0.15) is 27.8 Å². The molecule has 2 amide bonds. The van der Waals surface area contributed by atoms with Gasteiger partial charge in [-0.15, -0.1) is 0 Å². The first kappa shape index (κ1) is 15.8. The molecule has 0 aliphatic carbocycles. The Bertz CT molecular complexity index is 677. The number of hydrogen-bond donors (Lipinski definition) is 2. The second-order valence-electron chi connectivity index (χ2n) is 5.62. The van der Waals surface area contributed by atoms with Crippen molar-refractivity contribution in [2.75, 3.05) is 5.32 Å². The Kier molecular flexibility index (Phi) is 4.99. The summed E-state index contributed by atoms with van der Waals surface area (Å²) in [6.07, 6.45) is 3.52. The van der Waals surface area contributed by atoms with Crippen molar-refractivity contribution in [2.24, 2.45) is 0 Å². The van der Waals surface area contributed by atoms with Crippen molar-refractivity contribution >= 4 is 17.8 Å². The molecule has 0 aromatic heterocycles. The van der Waals surface area contributed by atoms with Crippen LogP contribution in [0.3, 0.4) is 0 Å². The molecular formula is C19H22N2O. The fraction of sp³-hybridized carbons (Fsp3) is 0.211. The normalized spacial score (nSPS) is 10.7. The number of benzene rings is 2. The Morgan fingerprint density at radius 3 is 2.09 bits per heavy atom. The Morgan fingerprint density at radius 1 is 0.909 bits per heavy atom. The van der Waals surface area contributed by atoms with Gasteiger partial charge in [-0.1, -0.05) is 47.5 Å². The first-order valence-electron chi connectivity index (χ1n) is 7.34. The van der Waals surface area contributed by atoms with Crippen molar-refractivity contribution in [3.63, 3.8) is 0 Å². The summed E-state index contributed by atoms with van der Waals surface area (Å²) in [6.45, 7) is 8.09. The van der Waals surface area contributed by atoms with E-state index in [1.807, 2.05) is 58.0 Å². The van der Waals surface area contributed by atoms with E-state index in [9.17, 15) is 4.79 Å². The van der Waals surface area contributed by atoms with Crippen molar-refractivity contribution in [1.82, 2.24) is 5.32 Å². The fourth-order valence-electron chi connectivity index (χ4n) is 2.42. The first-order chi connectivity index (χ1) is 10.5. The van der Waals surface area contributed by atoms with Gasteiger partial charge in [0.25, 0.3) is 0 Å². The summed E-state index contributed by atoms with van der Waals surface area (Å²) in [4.78, 5) is 12.0. The number of rotatable bonds is 3. The van der Waals surface area contributed by atoms with Gasteiger partial charge in [0.05, 0.1) is 0 Å². The van der Waals surface area contributed by atoms with Crippen LogP contribution in [0.5, 0.6) is 0 Å². The quantitative estimate of drug-likeness (QED) is 0.845. The molecule has 0 aliphatic rings. The van der Waals surface area contributed by atoms with Gasteiger partial charge in [0.15, 0.2) is 0 Å². The van der Waals surface area contributed by atoms with Crippen LogP contribution in [-0.2, 0) is 0 Å². The Morgan fingerprint density at radius 2 is 1.50 bits per heavy atom. The van der Waals surface area contributed by atoms with Gasteiger partial charge in [-0.2, -0.15) is 0 Å². The van der Waals surface area contributed by atoms with Gasteiger partial charge in [-0.05, 0) is 50.5 Å². The molecule has 114 valence electrons. The highest BCUT2D eigenvalue weighted by Crippen LogP contribution is 2.21. The molecule has 2 aromatic rings. The number of anilines is 1. The number of amides is 2. The van der Waals surface area contributed by atoms with Crippen molar-refractivity contribution in [1.29, 1.82) is 0 Å². The topological polar surface area (TPSA) is 41.1 Å². The van der Waals surface area contributed by atoms with Crippen LogP contribution in [0, 0.1) is 27.7 Å². The molecule has 22 heavy (non-hydrogen) atoms. The Balaban J connectivity index is 1.97. The lowest BCUT2D eigenvalue weighted by Crippen LogP contribution is -2.24. The van der Waals surface area contributed by atoms with E-state index in [2.05, 4.69) is 22.8 Å². The lowest BCUT2D eigenvalue weighted by molar-refractivity contribution is 0.255. The third-order valence-corrected chi connectivity index (χ3v) is 3.48. The van der Waals surface area contributed by atoms with Gasteiger partial charge in [0, 0.05) is 11.9 Å². The van der Waals surface area contributed by atoms with E-state index >= 15 is 0 Å². The van der Waals surface area contributed by atoms with E-state index in [0.717, 1.165) is 22.4 Å². The molecule has 2 rings (SSSR count). The maximum absolute atomic E-state index is 12.0. The number of urea groups is 1. The monoisotopic (exact) mass is 294 g/mol. The molecule has 0 aliphatic heterocycles. The van der Waals surface area contributed by atoms with E-state index in [4.69, 9.17) is 0 Å². The second kappa shape index (κ2) is 6.94. The first-order valence-corrected chi connectivity index (χ1v) is 7.34. The predicted octanol–water partition coefficient (Wildman–Crippen LogP) is 4.71. The molecule has 0 saturated heterocycles. The zero-order chi connectivity index (χ0) is 16.1. The molecule has 0 fully saturated rings. The molecule has 0 radical (unpaired) electrons. The summed E-state index contributed by atoms with van der Waals surface area (Å²) < 4.78 is 0. The summed E-state index contributed by atoms with van der Waals surface area (Å²) in [6, 6.07) is 12.0. The summed E-state index contributed by atoms with van der Waals surface area (Å²) >= 11 is 0. The molecule has 0 unspecified atom stereocenters. The highest BCUT2D eigenvalue weighted by Gasteiger charge is 2.06. The van der Waals surface area contributed by atoms with Crippen LogP contribution >= 0.6 is 0 Å². The minimum absolute atomic E-state index is 0.238. The lowest BCUT2D eigenvalue weighted by Gasteiger charge is -2.12. The van der Waals surface area contributed by atoms with Crippen LogP contribution in [0.15, 0.2) is 42.6 Å². The second-order valence-corrected chi connectivity index (χ2v) is 5.62. The van der Waals surface area contributed by atoms with Gasteiger partial charge in [0.2, 0.25) is 0 Å². The molecule has 2 aromatic carbocycles. The molecule has 0 spiro atoms. The van der Waals surface area contributed by atoms with E-state index in [-0.39, 0.29) is 6.03 Å². The van der Waals surface area contributed by atoms with Gasteiger partial charge in [-0.3, -0.25) is 0 Å². The average molecular weight is 294 g/mol. The smallest absolute Gasteiger partial charge is 0.314 e. The SMILES string of the molecule is Cc1ccc(/C=C/NC(=O)Nc2c(C)cc(C)cc2C)cc1. The Labute approximate surface area is 132 Å². The summed E-state index contributed by atoms with van der Waals surface area (Å²) in [5, 5.41) is 5.63.